The van der Waals surface area contributed by atoms with Crippen molar-refractivity contribution in [2.45, 2.75) is 20.4 Å². The van der Waals surface area contributed by atoms with Gasteiger partial charge in [0.05, 0.1) is 26.2 Å². The quantitative estimate of drug-likeness (QED) is 0.618. The van der Waals surface area contributed by atoms with Crippen LogP contribution < -0.4 is 10.5 Å². The largest absolute Gasteiger partial charge is 0.422 e. The van der Waals surface area contributed by atoms with Gasteiger partial charge in [-0.15, -0.1) is 0 Å². The van der Waals surface area contributed by atoms with Crippen LogP contribution in [-0.4, -0.2) is 38.9 Å². The highest BCUT2D eigenvalue weighted by molar-refractivity contribution is 7.92. The van der Waals surface area contributed by atoms with Gasteiger partial charge in [-0.3, -0.25) is 0 Å². The van der Waals surface area contributed by atoms with Crippen molar-refractivity contribution < 1.29 is 17.7 Å². The molecule has 6 nitrogen and oxygen atoms in total. The number of fused-ring (bicyclic) bond motifs is 1. The lowest BCUT2D eigenvalue weighted by Gasteiger charge is -2.31. The number of benzene rings is 2. The number of nitrogens with zero attached hydrogens (tertiary/aromatic N) is 1. The molecule has 1 saturated heterocycles. The first-order valence-corrected chi connectivity index (χ1v) is 11.9. The molecule has 31 heavy (non-hydrogen) atoms. The minimum atomic E-state index is -3.46. The van der Waals surface area contributed by atoms with E-state index in [-0.39, 0.29) is 5.63 Å². The van der Waals surface area contributed by atoms with Gasteiger partial charge >= 0.3 is 5.63 Å². The molecule has 0 bridgehead atoms. The van der Waals surface area contributed by atoms with Crippen LogP contribution in [0.3, 0.4) is 0 Å². The van der Waals surface area contributed by atoms with Gasteiger partial charge in [0.2, 0.25) is 10.0 Å². The van der Waals surface area contributed by atoms with E-state index in [1.807, 2.05) is 56.3 Å². The third-order valence-electron chi connectivity index (χ3n) is 5.98. The van der Waals surface area contributed by atoms with Crippen molar-refractivity contribution >= 4 is 27.1 Å². The number of rotatable bonds is 5. The molecule has 3 aromatic rings. The molecule has 1 aliphatic rings. The zero-order valence-corrected chi connectivity index (χ0v) is 18.6. The van der Waals surface area contributed by atoms with E-state index in [0.717, 1.165) is 27.6 Å². The molecule has 1 aromatic heterocycles. The fourth-order valence-corrected chi connectivity index (χ4v) is 5.18. The molecule has 0 saturated carbocycles. The zero-order chi connectivity index (χ0) is 22.0. The number of aryl methyl sites for hydroxylation is 2. The van der Waals surface area contributed by atoms with Crippen LogP contribution in [0.2, 0.25) is 0 Å². The van der Waals surface area contributed by atoms with Gasteiger partial charge in [-0.25, -0.2) is 13.2 Å². The lowest BCUT2D eigenvalue weighted by atomic mass is 10.0. The van der Waals surface area contributed by atoms with E-state index in [4.69, 9.17) is 4.42 Å². The molecule has 4 rings (SSSR count). The second-order valence-electron chi connectivity index (χ2n) is 8.06. The molecule has 0 unspecified atom stereocenters. The lowest BCUT2D eigenvalue weighted by molar-refractivity contribution is -0.917. The maximum Gasteiger partial charge on any atom is 0.336 e. The van der Waals surface area contributed by atoms with Crippen LogP contribution in [0.25, 0.3) is 17.0 Å². The predicted molar refractivity (Wildman–Crippen MR) is 122 cm³/mol. The van der Waals surface area contributed by atoms with Gasteiger partial charge in [-0.05, 0) is 36.6 Å². The summed E-state index contributed by atoms with van der Waals surface area (Å²) in [5.41, 5.74) is 4.17. The Hall–Kier alpha value is -2.74. The third kappa shape index (κ3) is 4.79. The van der Waals surface area contributed by atoms with Crippen LogP contribution in [0.1, 0.15) is 22.3 Å². The second-order valence-corrected chi connectivity index (χ2v) is 9.88. The fraction of sp³-hybridized carbons (Fsp3) is 0.292. The average molecular weight is 440 g/mol. The second kappa shape index (κ2) is 8.78. The maximum atomic E-state index is 12.7. The molecule has 1 fully saturated rings. The minimum Gasteiger partial charge on any atom is -0.422 e. The summed E-state index contributed by atoms with van der Waals surface area (Å²) in [7, 11) is -3.46. The Balaban J connectivity index is 1.46. The summed E-state index contributed by atoms with van der Waals surface area (Å²) in [6.45, 7) is 6.90. The summed E-state index contributed by atoms with van der Waals surface area (Å²) in [5.74, 6) is 0. The SMILES string of the molecule is Cc1ccc2c(C[NH+]3CCN(S(=O)(=O)/C=C/c4ccccc4)CC3)cc(=O)oc2c1C. The highest BCUT2D eigenvalue weighted by Gasteiger charge is 2.28. The van der Waals surface area contributed by atoms with E-state index < -0.39 is 10.0 Å². The monoisotopic (exact) mass is 439 g/mol. The highest BCUT2D eigenvalue weighted by Crippen LogP contribution is 2.22. The fourth-order valence-electron chi connectivity index (χ4n) is 3.99. The molecular formula is C24H27N2O4S+. The number of piperazine rings is 1. The smallest absolute Gasteiger partial charge is 0.336 e. The lowest BCUT2D eigenvalue weighted by Crippen LogP contribution is -3.13. The molecule has 2 aromatic carbocycles. The average Bonchev–Trinajstić information content (AvgIpc) is 2.76. The summed E-state index contributed by atoms with van der Waals surface area (Å²) in [6, 6.07) is 15.0. The van der Waals surface area contributed by atoms with Crippen molar-refractivity contribution in [3.63, 3.8) is 0 Å². The Morgan fingerprint density at radius 3 is 2.48 bits per heavy atom. The van der Waals surface area contributed by atoms with Crippen LogP contribution in [-0.2, 0) is 16.6 Å². The molecule has 1 N–H and O–H groups in total. The number of sulfonamides is 1. The third-order valence-corrected chi connectivity index (χ3v) is 7.54. The van der Waals surface area contributed by atoms with Gasteiger partial charge in [-0.2, -0.15) is 4.31 Å². The van der Waals surface area contributed by atoms with Crippen LogP contribution in [0.15, 0.2) is 63.2 Å². The molecular weight excluding hydrogens is 412 g/mol. The molecule has 0 amide bonds. The molecule has 162 valence electrons. The molecule has 0 spiro atoms. The highest BCUT2D eigenvalue weighted by atomic mass is 32.2. The summed E-state index contributed by atoms with van der Waals surface area (Å²) in [5, 5.41) is 2.24. The Labute approximate surface area is 182 Å². The first kappa shape index (κ1) is 21.5. The van der Waals surface area contributed by atoms with E-state index in [1.54, 1.807) is 12.1 Å². The number of nitrogens with one attached hydrogen (secondary N) is 1. The molecule has 2 heterocycles. The standard InChI is InChI=1S/C24H26N2O4S/c1-18-8-9-22-21(16-23(27)30-24(22)19(18)2)17-25-11-13-26(14-12-25)31(28,29)15-10-20-6-4-3-5-7-20/h3-10,15-16H,11-14,17H2,1-2H3/p+1/b15-10+. The van der Waals surface area contributed by atoms with Crippen molar-refractivity contribution in [2.24, 2.45) is 0 Å². The van der Waals surface area contributed by atoms with E-state index >= 15 is 0 Å². The topological polar surface area (TPSA) is 72.0 Å². The van der Waals surface area contributed by atoms with Gasteiger partial charge in [0.25, 0.3) is 0 Å². The number of hydrogen-bond acceptors (Lipinski definition) is 4. The van der Waals surface area contributed by atoms with Crippen molar-refractivity contribution in [3.05, 3.63) is 86.6 Å². The predicted octanol–water partition coefficient (Wildman–Crippen LogP) is 2.11. The van der Waals surface area contributed by atoms with Gasteiger partial charge in [0, 0.05) is 22.4 Å². The van der Waals surface area contributed by atoms with Gasteiger partial charge < -0.3 is 9.32 Å². The zero-order valence-electron chi connectivity index (χ0n) is 17.8. The van der Waals surface area contributed by atoms with Gasteiger partial charge in [0.15, 0.2) is 0 Å². The molecule has 1 aliphatic heterocycles. The van der Waals surface area contributed by atoms with Crippen LogP contribution in [0, 0.1) is 13.8 Å². The number of quaternary nitrogens is 1. The normalized spacial score (nSPS) is 16.3. The first-order chi connectivity index (χ1) is 14.8. The van der Waals surface area contributed by atoms with E-state index in [2.05, 4.69) is 0 Å². The molecule has 7 heteroatoms. The van der Waals surface area contributed by atoms with Crippen molar-refractivity contribution in [1.82, 2.24) is 4.31 Å². The summed E-state index contributed by atoms with van der Waals surface area (Å²) in [4.78, 5) is 13.4. The molecule has 0 radical (unpaired) electrons. The van der Waals surface area contributed by atoms with Crippen molar-refractivity contribution in [2.75, 3.05) is 26.2 Å². The van der Waals surface area contributed by atoms with E-state index in [1.165, 1.54) is 14.6 Å². The summed E-state index contributed by atoms with van der Waals surface area (Å²) >= 11 is 0. The Morgan fingerprint density at radius 2 is 1.77 bits per heavy atom. The molecule has 0 aliphatic carbocycles. The van der Waals surface area contributed by atoms with Crippen molar-refractivity contribution in [1.29, 1.82) is 0 Å². The summed E-state index contributed by atoms with van der Waals surface area (Å²) < 4.78 is 32.4. The minimum absolute atomic E-state index is 0.345. The van der Waals surface area contributed by atoms with Gasteiger partial charge in [-0.1, -0.05) is 42.5 Å². The first-order valence-electron chi connectivity index (χ1n) is 10.4. The number of hydrogen-bond donors (Lipinski definition) is 1. The van der Waals surface area contributed by atoms with Crippen molar-refractivity contribution in [3.8, 4) is 0 Å². The van der Waals surface area contributed by atoms with E-state index in [9.17, 15) is 13.2 Å². The van der Waals surface area contributed by atoms with Crippen LogP contribution >= 0.6 is 0 Å². The van der Waals surface area contributed by atoms with Crippen LogP contribution in [0.4, 0.5) is 0 Å². The molecule has 0 atom stereocenters. The Bertz CT molecular complexity index is 1270. The maximum absolute atomic E-state index is 12.7. The van der Waals surface area contributed by atoms with Crippen LogP contribution in [0.5, 0.6) is 0 Å². The van der Waals surface area contributed by atoms with Gasteiger partial charge in [0.1, 0.15) is 12.1 Å². The Morgan fingerprint density at radius 1 is 1.06 bits per heavy atom. The summed E-state index contributed by atoms with van der Waals surface area (Å²) in [6.07, 6.45) is 1.63. The van der Waals surface area contributed by atoms with E-state index in [0.29, 0.717) is 38.3 Å². The Kier molecular flexibility index (Phi) is 6.09.